The van der Waals surface area contributed by atoms with Crippen LogP contribution in [0.1, 0.15) is 15.9 Å². The molecule has 2 aromatic carbocycles. The van der Waals surface area contributed by atoms with Gasteiger partial charge in [0, 0.05) is 3.57 Å². The van der Waals surface area contributed by atoms with E-state index >= 15 is 0 Å². The van der Waals surface area contributed by atoms with Crippen LogP contribution in [0.2, 0.25) is 0 Å². The predicted molar refractivity (Wildman–Crippen MR) is 74.7 cm³/mol. The highest BCUT2D eigenvalue weighted by atomic mass is 127. The first-order valence-corrected chi connectivity index (χ1v) is 6.41. The molecule has 0 bridgehead atoms. The Morgan fingerprint density at radius 1 is 1.11 bits per heavy atom. The fourth-order valence-electron chi connectivity index (χ4n) is 1.49. The standard InChI is InChI=1S/C14H10FIO2/c15-11-7-4-8-12(16)13(11)14(17)18-9-10-5-2-1-3-6-10/h1-8H,9H2. The Kier molecular flexibility index (Phi) is 4.30. The summed E-state index contributed by atoms with van der Waals surface area (Å²) in [6, 6.07) is 13.8. The minimum absolute atomic E-state index is 0.00553. The maximum atomic E-state index is 13.5. The van der Waals surface area contributed by atoms with Gasteiger partial charge in [0.25, 0.3) is 0 Å². The number of esters is 1. The third-order valence-electron chi connectivity index (χ3n) is 2.38. The molecule has 0 atom stereocenters. The second-order valence-electron chi connectivity index (χ2n) is 3.66. The number of hydrogen-bond acceptors (Lipinski definition) is 2. The Balaban J connectivity index is 2.09. The summed E-state index contributed by atoms with van der Waals surface area (Å²) in [6.45, 7) is 0.143. The van der Waals surface area contributed by atoms with E-state index in [0.717, 1.165) is 5.56 Å². The van der Waals surface area contributed by atoms with Crippen LogP contribution in [-0.4, -0.2) is 5.97 Å². The quantitative estimate of drug-likeness (QED) is 0.618. The van der Waals surface area contributed by atoms with Gasteiger partial charge < -0.3 is 4.74 Å². The summed E-state index contributed by atoms with van der Waals surface area (Å²) in [5.41, 5.74) is 0.867. The van der Waals surface area contributed by atoms with E-state index in [9.17, 15) is 9.18 Å². The lowest BCUT2D eigenvalue weighted by Gasteiger charge is -2.07. The molecule has 0 saturated heterocycles. The summed E-state index contributed by atoms with van der Waals surface area (Å²) >= 11 is 1.91. The van der Waals surface area contributed by atoms with Gasteiger partial charge in [0.2, 0.25) is 0 Å². The second kappa shape index (κ2) is 5.95. The largest absolute Gasteiger partial charge is 0.457 e. The van der Waals surface area contributed by atoms with Crippen molar-refractivity contribution >= 4 is 28.6 Å². The number of benzene rings is 2. The summed E-state index contributed by atoms with van der Waals surface area (Å²) in [5.74, 6) is -1.19. The summed E-state index contributed by atoms with van der Waals surface area (Å²) in [6.07, 6.45) is 0. The Hall–Kier alpha value is -1.43. The molecule has 2 rings (SSSR count). The van der Waals surface area contributed by atoms with E-state index < -0.39 is 11.8 Å². The lowest BCUT2D eigenvalue weighted by atomic mass is 10.2. The average molecular weight is 356 g/mol. The molecule has 0 aliphatic heterocycles. The molecule has 0 amide bonds. The van der Waals surface area contributed by atoms with Gasteiger partial charge in [-0.3, -0.25) is 0 Å². The van der Waals surface area contributed by atoms with E-state index in [-0.39, 0.29) is 12.2 Å². The molecule has 0 saturated carbocycles. The molecule has 0 fully saturated rings. The van der Waals surface area contributed by atoms with E-state index in [1.807, 2.05) is 52.9 Å². The zero-order chi connectivity index (χ0) is 13.0. The van der Waals surface area contributed by atoms with Gasteiger partial charge in [0.1, 0.15) is 18.0 Å². The first-order chi connectivity index (χ1) is 8.68. The Labute approximate surface area is 118 Å². The van der Waals surface area contributed by atoms with Gasteiger partial charge >= 0.3 is 5.97 Å². The van der Waals surface area contributed by atoms with Crippen molar-refractivity contribution in [1.29, 1.82) is 0 Å². The minimum Gasteiger partial charge on any atom is -0.457 e. The molecule has 0 aromatic heterocycles. The highest BCUT2D eigenvalue weighted by Gasteiger charge is 2.16. The van der Waals surface area contributed by atoms with E-state index in [1.54, 1.807) is 12.1 Å². The van der Waals surface area contributed by atoms with E-state index in [4.69, 9.17) is 4.74 Å². The van der Waals surface area contributed by atoms with E-state index in [0.29, 0.717) is 3.57 Å². The molecule has 0 radical (unpaired) electrons. The zero-order valence-electron chi connectivity index (χ0n) is 9.40. The van der Waals surface area contributed by atoms with Gasteiger partial charge in [0.05, 0.1) is 0 Å². The van der Waals surface area contributed by atoms with Crippen molar-refractivity contribution in [3.63, 3.8) is 0 Å². The van der Waals surface area contributed by atoms with Crippen LogP contribution in [-0.2, 0) is 11.3 Å². The van der Waals surface area contributed by atoms with Crippen molar-refractivity contribution in [3.05, 3.63) is 69.0 Å². The zero-order valence-corrected chi connectivity index (χ0v) is 11.6. The van der Waals surface area contributed by atoms with Crippen molar-refractivity contribution in [2.24, 2.45) is 0 Å². The summed E-state index contributed by atoms with van der Waals surface area (Å²) in [4.78, 5) is 11.8. The summed E-state index contributed by atoms with van der Waals surface area (Å²) in [5, 5.41) is 0. The van der Waals surface area contributed by atoms with Gasteiger partial charge in [-0.05, 0) is 40.3 Å². The molecule has 4 heteroatoms. The molecular formula is C14H10FIO2. The third kappa shape index (κ3) is 3.07. The van der Waals surface area contributed by atoms with E-state index in [2.05, 4.69) is 0 Å². The van der Waals surface area contributed by atoms with Gasteiger partial charge in [-0.1, -0.05) is 36.4 Å². The van der Waals surface area contributed by atoms with E-state index in [1.165, 1.54) is 6.07 Å². The van der Waals surface area contributed by atoms with Crippen LogP contribution in [0.25, 0.3) is 0 Å². The molecule has 2 aromatic rings. The molecule has 18 heavy (non-hydrogen) atoms. The molecule has 0 spiro atoms. The van der Waals surface area contributed by atoms with Gasteiger partial charge in [-0.2, -0.15) is 0 Å². The van der Waals surface area contributed by atoms with Crippen molar-refractivity contribution in [1.82, 2.24) is 0 Å². The minimum atomic E-state index is -0.638. The lowest BCUT2D eigenvalue weighted by molar-refractivity contribution is 0.0466. The van der Waals surface area contributed by atoms with Crippen LogP contribution < -0.4 is 0 Å². The second-order valence-corrected chi connectivity index (χ2v) is 4.82. The summed E-state index contributed by atoms with van der Waals surface area (Å²) < 4.78 is 19.2. The Morgan fingerprint density at radius 2 is 1.83 bits per heavy atom. The highest BCUT2D eigenvalue weighted by Crippen LogP contribution is 2.17. The number of carbonyl (C=O) groups excluding carboxylic acids is 1. The normalized spacial score (nSPS) is 10.1. The van der Waals surface area contributed by atoms with Crippen LogP contribution in [0.4, 0.5) is 4.39 Å². The molecule has 0 aliphatic rings. The van der Waals surface area contributed by atoms with Crippen LogP contribution in [0.15, 0.2) is 48.5 Å². The highest BCUT2D eigenvalue weighted by molar-refractivity contribution is 14.1. The smallest absolute Gasteiger partial charge is 0.342 e. The van der Waals surface area contributed by atoms with Crippen LogP contribution >= 0.6 is 22.6 Å². The molecule has 0 aliphatic carbocycles. The van der Waals surface area contributed by atoms with Crippen molar-refractivity contribution < 1.29 is 13.9 Å². The molecular weight excluding hydrogens is 346 g/mol. The van der Waals surface area contributed by atoms with Gasteiger partial charge in [-0.25, -0.2) is 9.18 Å². The predicted octanol–water partition coefficient (Wildman–Crippen LogP) is 3.79. The lowest BCUT2D eigenvalue weighted by Crippen LogP contribution is -2.09. The molecule has 2 nitrogen and oxygen atoms in total. The number of halogens is 2. The maximum absolute atomic E-state index is 13.5. The molecule has 92 valence electrons. The number of rotatable bonds is 3. The first kappa shape index (κ1) is 13.0. The van der Waals surface area contributed by atoms with Gasteiger partial charge in [-0.15, -0.1) is 0 Å². The first-order valence-electron chi connectivity index (χ1n) is 5.33. The SMILES string of the molecule is O=C(OCc1ccccc1)c1c(F)cccc1I. The monoisotopic (exact) mass is 356 g/mol. The Bertz CT molecular complexity index is 535. The Morgan fingerprint density at radius 3 is 2.50 bits per heavy atom. The number of hydrogen-bond donors (Lipinski definition) is 0. The number of carbonyl (C=O) groups is 1. The topological polar surface area (TPSA) is 26.3 Å². The molecule has 0 N–H and O–H groups in total. The van der Waals surface area contributed by atoms with Crippen molar-refractivity contribution in [2.75, 3.05) is 0 Å². The molecule has 0 unspecified atom stereocenters. The van der Waals surface area contributed by atoms with Crippen LogP contribution in [0.3, 0.4) is 0 Å². The molecule has 0 heterocycles. The summed E-state index contributed by atoms with van der Waals surface area (Å²) in [7, 11) is 0. The fourth-order valence-corrected chi connectivity index (χ4v) is 2.17. The van der Waals surface area contributed by atoms with Crippen molar-refractivity contribution in [2.45, 2.75) is 6.61 Å². The van der Waals surface area contributed by atoms with Crippen LogP contribution in [0.5, 0.6) is 0 Å². The average Bonchev–Trinajstić information content (AvgIpc) is 2.37. The van der Waals surface area contributed by atoms with Crippen molar-refractivity contribution in [3.8, 4) is 0 Å². The fraction of sp³-hybridized carbons (Fsp3) is 0.0714. The van der Waals surface area contributed by atoms with Gasteiger partial charge in [0.15, 0.2) is 0 Å². The number of ether oxygens (including phenoxy) is 1. The maximum Gasteiger partial charge on any atom is 0.342 e. The van der Waals surface area contributed by atoms with Crippen LogP contribution in [0, 0.1) is 9.39 Å². The third-order valence-corrected chi connectivity index (χ3v) is 3.28.